The van der Waals surface area contributed by atoms with E-state index in [2.05, 4.69) is 10.3 Å². The third-order valence-electron chi connectivity index (χ3n) is 2.58. The molecule has 0 unspecified atom stereocenters. The summed E-state index contributed by atoms with van der Waals surface area (Å²) >= 11 is 7.08. The molecule has 1 amide bonds. The molecule has 4 nitrogen and oxygen atoms in total. The summed E-state index contributed by atoms with van der Waals surface area (Å²) in [7, 11) is 0. The molecule has 1 heterocycles. The SMILES string of the molecule is NCCc1nc(C(=O)NCc2ccc(F)c(Cl)c2)cs1. The molecule has 1 aromatic heterocycles. The number of hydrogen-bond acceptors (Lipinski definition) is 4. The summed E-state index contributed by atoms with van der Waals surface area (Å²) in [5, 5.41) is 5.28. The summed E-state index contributed by atoms with van der Waals surface area (Å²) < 4.78 is 13.0. The van der Waals surface area contributed by atoms with Crippen molar-refractivity contribution in [3.05, 3.63) is 50.7 Å². The Labute approximate surface area is 124 Å². The average Bonchev–Trinajstić information content (AvgIpc) is 2.89. The summed E-state index contributed by atoms with van der Waals surface area (Å²) in [6.45, 7) is 0.769. The molecule has 0 spiro atoms. The van der Waals surface area contributed by atoms with E-state index in [-0.39, 0.29) is 17.5 Å². The molecule has 0 atom stereocenters. The number of nitrogens with one attached hydrogen (secondary N) is 1. The maximum absolute atomic E-state index is 13.0. The molecular weight excluding hydrogens is 301 g/mol. The fraction of sp³-hybridized carbons (Fsp3) is 0.231. The zero-order valence-corrected chi connectivity index (χ0v) is 12.1. The van der Waals surface area contributed by atoms with Gasteiger partial charge < -0.3 is 11.1 Å². The first-order valence-electron chi connectivity index (χ1n) is 5.96. The van der Waals surface area contributed by atoms with Crippen LogP contribution >= 0.6 is 22.9 Å². The standard InChI is InChI=1S/C13H13ClFN3OS/c14-9-5-8(1-2-10(9)15)6-17-13(19)11-7-20-12(18-11)3-4-16/h1-2,5,7H,3-4,6,16H2,(H,17,19). The van der Waals surface area contributed by atoms with E-state index in [0.29, 0.717) is 18.7 Å². The lowest BCUT2D eigenvalue weighted by molar-refractivity contribution is 0.0946. The van der Waals surface area contributed by atoms with Crippen LogP contribution in [0.1, 0.15) is 21.1 Å². The fourth-order valence-electron chi connectivity index (χ4n) is 1.58. The van der Waals surface area contributed by atoms with E-state index < -0.39 is 5.82 Å². The van der Waals surface area contributed by atoms with Crippen molar-refractivity contribution in [3.8, 4) is 0 Å². The lowest BCUT2D eigenvalue weighted by Gasteiger charge is -2.04. The van der Waals surface area contributed by atoms with Gasteiger partial charge in [0.15, 0.2) is 0 Å². The van der Waals surface area contributed by atoms with E-state index in [0.717, 1.165) is 10.6 Å². The topological polar surface area (TPSA) is 68.0 Å². The van der Waals surface area contributed by atoms with Gasteiger partial charge in [0, 0.05) is 18.3 Å². The fourth-order valence-corrected chi connectivity index (χ4v) is 2.57. The van der Waals surface area contributed by atoms with Gasteiger partial charge in [0.2, 0.25) is 0 Å². The number of nitrogens with two attached hydrogens (primary N) is 1. The quantitative estimate of drug-likeness (QED) is 0.890. The number of carbonyl (C=O) groups is 1. The molecule has 2 rings (SSSR count). The second-order valence-electron chi connectivity index (χ2n) is 4.10. The molecule has 0 aliphatic rings. The van der Waals surface area contributed by atoms with Crippen LogP contribution in [0.3, 0.4) is 0 Å². The number of amides is 1. The molecule has 106 valence electrons. The van der Waals surface area contributed by atoms with Gasteiger partial charge in [-0.3, -0.25) is 4.79 Å². The number of rotatable bonds is 5. The van der Waals surface area contributed by atoms with Crippen LogP contribution in [0.2, 0.25) is 5.02 Å². The van der Waals surface area contributed by atoms with Crippen molar-refractivity contribution in [2.45, 2.75) is 13.0 Å². The minimum absolute atomic E-state index is 0.0376. The number of halogens is 2. The molecular formula is C13H13ClFN3OS. The second kappa shape index (κ2) is 6.78. The van der Waals surface area contributed by atoms with Crippen LogP contribution in [0.4, 0.5) is 4.39 Å². The summed E-state index contributed by atoms with van der Waals surface area (Å²) in [6.07, 6.45) is 0.658. The number of hydrogen-bond donors (Lipinski definition) is 2. The summed E-state index contributed by atoms with van der Waals surface area (Å²) in [5.41, 5.74) is 6.52. The predicted molar refractivity (Wildman–Crippen MR) is 77.5 cm³/mol. The Morgan fingerprint density at radius 2 is 2.30 bits per heavy atom. The van der Waals surface area contributed by atoms with Crippen LogP contribution in [0, 0.1) is 5.82 Å². The van der Waals surface area contributed by atoms with Crippen molar-refractivity contribution in [2.24, 2.45) is 5.73 Å². The van der Waals surface area contributed by atoms with Gasteiger partial charge in [-0.1, -0.05) is 17.7 Å². The van der Waals surface area contributed by atoms with Crippen LogP contribution < -0.4 is 11.1 Å². The van der Waals surface area contributed by atoms with Gasteiger partial charge in [-0.05, 0) is 24.2 Å². The number of carbonyl (C=O) groups excluding carboxylic acids is 1. The minimum Gasteiger partial charge on any atom is -0.347 e. The van der Waals surface area contributed by atoms with Gasteiger partial charge in [0.05, 0.1) is 10.0 Å². The molecule has 0 aliphatic heterocycles. The zero-order valence-electron chi connectivity index (χ0n) is 10.5. The number of benzene rings is 1. The first-order chi connectivity index (χ1) is 9.60. The average molecular weight is 314 g/mol. The Morgan fingerprint density at radius 3 is 3.00 bits per heavy atom. The Hall–Kier alpha value is -1.50. The van der Waals surface area contributed by atoms with Gasteiger partial charge in [-0.15, -0.1) is 11.3 Å². The highest BCUT2D eigenvalue weighted by Gasteiger charge is 2.10. The summed E-state index contributed by atoms with van der Waals surface area (Å²) in [6, 6.07) is 4.33. The first kappa shape index (κ1) is 14.9. The molecule has 2 aromatic rings. The predicted octanol–water partition coefficient (Wildman–Crippen LogP) is 2.37. The van der Waals surface area contributed by atoms with Crippen molar-refractivity contribution in [2.75, 3.05) is 6.54 Å². The smallest absolute Gasteiger partial charge is 0.271 e. The molecule has 3 N–H and O–H groups in total. The number of nitrogens with zero attached hydrogens (tertiary/aromatic N) is 1. The lowest BCUT2D eigenvalue weighted by atomic mass is 10.2. The van der Waals surface area contributed by atoms with E-state index in [4.69, 9.17) is 17.3 Å². The maximum Gasteiger partial charge on any atom is 0.271 e. The van der Waals surface area contributed by atoms with E-state index in [1.807, 2.05) is 0 Å². The van der Waals surface area contributed by atoms with Gasteiger partial charge >= 0.3 is 0 Å². The molecule has 0 fully saturated rings. The maximum atomic E-state index is 13.0. The van der Waals surface area contributed by atoms with Crippen LogP contribution in [-0.4, -0.2) is 17.4 Å². The van der Waals surface area contributed by atoms with Crippen LogP contribution in [0.15, 0.2) is 23.6 Å². The Bertz CT molecular complexity index is 617. The van der Waals surface area contributed by atoms with E-state index in [1.165, 1.54) is 23.5 Å². The third kappa shape index (κ3) is 3.75. The van der Waals surface area contributed by atoms with Crippen molar-refractivity contribution in [1.82, 2.24) is 10.3 Å². The molecule has 20 heavy (non-hydrogen) atoms. The Morgan fingerprint density at radius 1 is 1.50 bits per heavy atom. The molecule has 0 aliphatic carbocycles. The molecule has 0 bridgehead atoms. The lowest BCUT2D eigenvalue weighted by Crippen LogP contribution is -2.23. The number of aromatic nitrogens is 1. The van der Waals surface area contributed by atoms with Crippen molar-refractivity contribution in [1.29, 1.82) is 0 Å². The largest absolute Gasteiger partial charge is 0.347 e. The molecule has 0 saturated heterocycles. The van der Waals surface area contributed by atoms with Gasteiger partial charge in [0.1, 0.15) is 11.5 Å². The summed E-state index contributed by atoms with van der Waals surface area (Å²) in [4.78, 5) is 16.1. The number of thiazole rings is 1. The zero-order chi connectivity index (χ0) is 14.5. The normalized spacial score (nSPS) is 10.6. The highest BCUT2D eigenvalue weighted by Crippen LogP contribution is 2.16. The highest BCUT2D eigenvalue weighted by atomic mass is 35.5. The van der Waals surface area contributed by atoms with E-state index in [9.17, 15) is 9.18 Å². The highest BCUT2D eigenvalue weighted by molar-refractivity contribution is 7.09. The van der Waals surface area contributed by atoms with Gasteiger partial charge in [-0.25, -0.2) is 9.37 Å². The Kier molecular flexibility index (Phi) is 5.05. The van der Waals surface area contributed by atoms with Crippen LogP contribution in [-0.2, 0) is 13.0 Å². The van der Waals surface area contributed by atoms with E-state index >= 15 is 0 Å². The first-order valence-corrected chi connectivity index (χ1v) is 7.22. The van der Waals surface area contributed by atoms with Gasteiger partial charge in [0.25, 0.3) is 5.91 Å². The molecule has 0 saturated carbocycles. The molecule has 0 radical (unpaired) electrons. The van der Waals surface area contributed by atoms with Crippen molar-refractivity contribution >= 4 is 28.8 Å². The minimum atomic E-state index is -0.479. The van der Waals surface area contributed by atoms with Gasteiger partial charge in [-0.2, -0.15) is 0 Å². The Balaban J connectivity index is 1.95. The van der Waals surface area contributed by atoms with E-state index in [1.54, 1.807) is 11.4 Å². The molecule has 7 heteroatoms. The monoisotopic (exact) mass is 313 g/mol. The second-order valence-corrected chi connectivity index (χ2v) is 5.45. The summed E-state index contributed by atoms with van der Waals surface area (Å²) in [5.74, 6) is -0.752. The van der Waals surface area contributed by atoms with Crippen LogP contribution in [0.25, 0.3) is 0 Å². The molecule has 1 aromatic carbocycles. The third-order valence-corrected chi connectivity index (χ3v) is 3.78. The van der Waals surface area contributed by atoms with Crippen LogP contribution in [0.5, 0.6) is 0 Å². The van der Waals surface area contributed by atoms with Crippen molar-refractivity contribution in [3.63, 3.8) is 0 Å². The van der Waals surface area contributed by atoms with Crippen molar-refractivity contribution < 1.29 is 9.18 Å².